The van der Waals surface area contributed by atoms with Crippen LogP contribution in [-0.4, -0.2) is 38.6 Å². The van der Waals surface area contributed by atoms with Gasteiger partial charge in [0.25, 0.3) is 0 Å². The van der Waals surface area contributed by atoms with Crippen molar-refractivity contribution < 1.29 is 19.0 Å². The molecule has 5 heteroatoms. The molecule has 1 aromatic carbocycles. The predicted octanol–water partition coefficient (Wildman–Crippen LogP) is 2.32. The Morgan fingerprint density at radius 1 is 1.36 bits per heavy atom. The third-order valence-corrected chi connectivity index (χ3v) is 4.40. The quantitative estimate of drug-likeness (QED) is 0.822. The van der Waals surface area contributed by atoms with Gasteiger partial charge >= 0.3 is 0 Å². The van der Waals surface area contributed by atoms with E-state index in [9.17, 15) is 5.11 Å². The van der Waals surface area contributed by atoms with E-state index >= 15 is 0 Å². The lowest BCUT2D eigenvalue weighted by atomic mass is 9.84. The van der Waals surface area contributed by atoms with Gasteiger partial charge in [-0.1, -0.05) is 0 Å². The van der Waals surface area contributed by atoms with Crippen molar-refractivity contribution in [2.24, 2.45) is 5.41 Å². The van der Waals surface area contributed by atoms with E-state index in [1.54, 1.807) is 7.11 Å². The zero-order chi connectivity index (χ0) is 15.4. The summed E-state index contributed by atoms with van der Waals surface area (Å²) in [5, 5.41) is 13.7. The minimum atomic E-state index is 0.0595. The van der Waals surface area contributed by atoms with Crippen molar-refractivity contribution >= 4 is 11.0 Å². The fraction of sp³-hybridized carbons (Fsp3) is 0.529. The summed E-state index contributed by atoms with van der Waals surface area (Å²) in [5.41, 5.74) is 0.927. The minimum Gasteiger partial charge on any atom is -0.497 e. The van der Waals surface area contributed by atoms with E-state index in [1.165, 1.54) is 0 Å². The molecule has 2 aromatic rings. The molecule has 1 aliphatic rings. The minimum absolute atomic E-state index is 0.0595. The average molecular weight is 305 g/mol. The molecule has 0 bridgehead atoms. The standard InChI is InChI=1S/C17H23NO4/c1-20-14-2-3-16-13(8-14)9-15(22-16)10-18-11-17(4-6-19)5-7-21-12-17/h2-3,8-9,18-19H,4-7,10-12H2,1H3. The van der Waals surface area contributed by atoms with Crippen LogP contribution in [0.4, 0.5) is 0 Å². The smallest absolute Gasteiger partial charge is 0.134 e. The number of ether oxygens (including phenoxy) is 2. The number of hydrogen-bond acceptors (Lipinski definition) is 5. The highest BCUT2D eigenvalue weighted by Crippen LogP contribution is 2.31. The first-order valence-electron chi connectivity index (χ1n) is 7.70. The van der Waals surface area contributed by atoms with E-state index < -0.39 is 0 Å². The number of aliphatic hydroxyl groups excluding tert-OH is 1. The monoisotopic (exact) mass is 305 g/mol. The van der Waals surface area contributed by atoms with E-state index in [2.05, 4.69) is 5.32 Å². The van der Waals surface area contributed by atoms with Crippen molar-refractivity contribution in [2.75, 3.05) is 33.5 Å². The average Bonchev–Trinajstić information content (AvgIpc) is 3.13. The van der Waals surface area contributed by atoms with E-state index in [0.717, 1.165) is 55.1 Å². The predicted molar refractivity (Wildman–Crippen MR) is 84.0 cm³/mol. The van der Waals surface area contributed by atoms with Gasteiger partial charge in [-0.2, -0.15) is 0 Å². The number of aliphatic hydroxyl groups is 1. The Labute approximate surface area is 130 Å². The maximum Gasteiger partial charge on any atom is 0.134 e. The number of rotatable bonds is 7. The molecule has 120 valence electrons. The van der Waals surface area contributed by atoms with E-state index in [-0.39, 0.29) is 12.0 Å². The van der Waals surface area contributed by atoms with Crippen molar-refractivity contribution in [1.29, 1.82) is 0 Å². The second kappa shape index (κ2) is 6.69. The number of hydrogen-bond donors (Lipinski definition) is 2. The Morgan fingerprint density at radius 2 is 2.27 bits per heavy atom. The van der Waals surface area contributed by atoms with Crippen LogP contribution < -0.4 is 10.1 Å². The van der Waals surface area contributed by atoms with Crippen LogP contribution >= 0.6 is 0 Å². The lowest BCUT2D eigenvalue weighted by molar-refractivity contribution is 0.124. The molecule has 0 spiro atoms. The summed E-state index contributed by atoms with van der Waals surface area (Å²) < 4.78 is 16.6. The van der Waals surface area contributed by atoms with Gasteiger partial charge in [0.15, 0.2) is 0 Å². The number of nitrogens with one attached hydrogen (secondary N) is 1. The normalized spacial score (nSPS) is 21.5. The van der Waals surface area contributed by atoms with Crippen molar-refractivity contribution in [3.63, 3.8) is 0 Å². The molecule has 0 saturated carbocycles. The topological polar surface area (TPSA) is 63.9 Å². The Kier molecular flexibility index (Phi) is 4.66. The number of furan rings is 1. The second-order valence-electron chi connectivity index (χ2n) is 6.00. The zero-order valence-electron chi connectivity index (χ0n) is 12.9. The van der Waals surface area contributed by atoms with Crippen LogP contribution in [0.25, 0.3) is 11.0 Å². The Hall–Kier alpha value is -1.56. The van der Waals surface area contributed by atoms with Gasteiger partial charge in [0.1, 0.15) is 17.1 Å². The molecule has 22 heavy (non-hydrogen) atoms. The van der Waals surface area contributed by atoms with Crippen molar-refractivity contribution in [2.45, 2.75) is 19.4 Å². The van der Waals surface area contributed by atoms with Gasteiger partial charge in [-0.3, -0.25) is 0 Å². The molecule has 2 N–H and O–H groups in total. The summed E-state index contributed by atoms with van der Waals surface area (Å²) in [4.78, 5) is 0. The molecule has 2 heterocycles. The van der Waals surface area contributed by atoms with Crippen LogP contribution in [0.5, 0.6) is 5.75 Å². The summed E-state index contributed by atoms with van der Waals surface area (Å²) >= 11 is 0. The van der Waals surface area contributed by atoms with Gasteiger partial charge in [-0.05, 0) is 37.1 Å². The van der Waals surface area contributed by atoms with E-state index in [0.29, 0.717) is 6.54 Å². The van der Waals surface area contributed by atoms with Gasteiger partial charge in [-0.15, -0.1) is 0 Å². The molecule has 5 nitrogen and oxygen atoms in total. The van der Waals surface area contributed by atoms with Gasteiger partial charge in [0.2, 0.25) is 0 Å². The molecule has 1 saturated heterocycles. The molecule has 1 atom stereocenters. The van der Waals surface area contributed by atoms with Crippen molar-refractivity contribution in [3.8, 4) is 5.75 Å². The van der Waals surface area contributed by atoms with Crippen LogP contribution in [0.3, 0.4) is 0 Å². The maximum absolute atomic E-state index is 9.24. The Morgan fingerprint density at radius 3 is 3.00 bits per heavy atom. The Balaban J connectivity index is 1.61. The second-order valence-corrected chi connectivity index (χ2v) is 6.00. The molecule has 0 amide bonds. The molecule has 1 fully saturated rings. The molecule has 0 aliphatic carbocycles. The third kappa shape index (κ3) is 3.27. The van der Waals surface area contributed by atoms with Crippen LogP contribution in [0, 0.1) is 5.41 Å². The highest BCUT2D eigenvalue weighted by atomic mass is 16.5. The van der Waals surface area contributed by atoms with Crippen LogP contribution in [0.15, 0.2) is 28.7 Å². The number of methoxy groups -OCH3 is 1. The molecule has 3 rings (SSSR count). The first kappa shape index (κ1) is 15.3. The molecular formula is C17H23NO4. The first-order chi connectivity index (χ1) is 10.7. The summed E-state index contributed by atoms with van der Waals surface area (Å²) in [6, 6.07) is 7.83. The number of benzene rings is 1. The molecule has 1 unspecified atom stereocenters. The first-order valence-corrected chi connectivity index (χ1v) is 7.70. The summed E-state index contributed by atoms with van der Waals surface area (Å²) in [5.74, 6) is 1.74. The van der Waals surface area contributed by atoms with E-state index in [4.69, 9.17) is 13.9 Å². The van der Waals surface area contributed by atoms with Crippen molar-refractivity contribution in [3.05, 3.63) is 30.0 Å². The summed E-state index contributed by atoms with van der Waals surface area (Å²) in [6.07, 6.45) is 1.77. The largest absolute Gasteiger partial charge is 0.497 e. The Bertz CT molecular complexity index is 616. The SMILES string of the molecule is COc1ccc2oc(CNCC3(CCO)CCOC3)cc2c1. The zero-order valence-corrected chi connectivity index (χ0v) is 12.9. The molecule has 1 aromatic heterocycles. The van der Waals surface area contributed by atoms with Gasteiger partial charge in [-0.25, -0.2) is 0 Å². The lowest BCUT2D eigenvalue weighted by Gasteiger charge is -2.26. The van der Waals surface area contributed by atoms with Gasteiger partial charge < -0.3 is 24.3 Å². The highest BCUT2D eigenvalue weighted by molar-refractivity contribution is 5.79. The number of fused-ring (bicyclic) bond motifs is 1. The molecular weight excluding hydrogens is 282 g/mol. The fourth-order valence-corrected chi connectivity index (χ4v) is 3.05. The summed E-state index contributed by atoms with van der Waals surface area (Å²) in [6.45, 7) is 3.21. The fourth-order valence-electron chi connectivity index (χ4n) is 3.05. The molecule has 0 radical (unpaired) electrons. The van der Waals surface area contributed by atoms with Crippen molar-refractivity contribution in [1.82, 2.24) is 5.32 Å². The van der Waals surface area contributed by atoms with Gasteiger partial charge in [0.05, 0.1) is 20.3 Å². The summed E-state index contributed by atoms with van der Waals surface area (Å²) in [7, 11) is 1.66. The lowest BCUT2D eigenvalue weighted by Crippen LogP contribution is -2.35. The maximum atomic E-state index is 9.24. The van der Waals surface area contributed by atoms with Crippen LogP contribution in [0.1, 0.15) is 18.6 Å². The third-order valence-electron chi connectivity index (χ3n) is 4.40. The van der Waals surface area contributed by atoms with Crippen LogP contribution in [-0.2, 0) is 11.3 Å². The van der Waals surface area contributed by atoms with Gasteiger partial charge in [0, 0.05) is 30.6 Å². The molecule has 1 aliphatic heterocycles. The van der Waals surface area contributed by atoms with Crippen LogP contribution in [0.2, 0.25) is 0 Å². The highest BCUT2D eigenvalue weighted by Gasteiger charge is 2.33. The van der Waals surface area contributed by atoms with E-state index in [1.807, 2.05) is 24.3 Å².